The summed E-state index contributed by atoms with van der Waals surface area (Å²) >= 11 is 0. The number of aromatic nitrogens is 4. The number of rotatable bonds is 7. The van der Waals surface area contributed by atoms with Crippen molar-refractivity contribution in [2.24, 2.45) is 0 Å². The maximum absolute atomic E-state index is 12.5. The summed E-state index contributed by atoms with van der Waals surface area (Å²) in [7, 11) is -3.61. The first-order valence-corrected chi connectivity index (χ1v) is 10.9. The molecule has 30 heavy (non-hydrogen) atoms. The van der Waals surface area contributed by atoms with Crippen molar-refractivity contribution >= 4 is 15.7 Å². The number of sulfonamides is 1. The van der Waals surface area contributed by atoms with Gasteiger partial charge in [0.2, 0.25) is 15.9 Å². The third-order valence-corrected chi connectivity index (χ3v) is 6.16. The van der Waals surface area contributed by atoms with Crippen LogP contribution in [0.15, 0.2) is 65.6 Å². The van der Waals surface area contributed by atoms with E-state index in [4.69, 9.17) is 4.74 Å². The van der Waals surface area contributed by atoms with Crippen LogP contribution in [-0.2, 0) is 10.0 Å². The lowest BCUT2D eigenvalue weighted by Gasteiger charge is -2.10. The zero-order valence-corrected chi connectivity index (χ0v) is 17.4. The Morgan fingerprint density at radius 2 is 1.80 bits per heavy atom. The highest BCUT2D eigenvalue weighted by molar-refractivity contribution is 7.89. The van der Waals surface area contributed by atoms with Gasteiger partial charge in [0.25, 0.3) is 0 Å². The van der Waals surface area contributed by atoms with E-state index in [0.29, 0.717) is 22.9 Å². The van der Waals surface area contributed by atoms with Gasteiger partial charge in [-0.05, 0) is 31.5 Å². The molecule has 1 N–H and O–H groups in total. The maximum atomic E-state index is 12.5. The quantitative estimate of drug-likeness (QED) is 0.459. The van der Waals surface area contributed by atoms with Crippen molar-refractivity contribution in [1.82, 2.24) is 24.5 Å². The van der Waals surface area contributed by atoms with Gasteiger partial charge >= 0.3 is 0 Å². The van der Waals surface area contributed by atoms with Crippen molar-refractivity contribution in [2.45, 2.75) is 18.7 Å². The zero-order valence-electron chi connectivity index (χ0n) is 16.6. The summed E-state index contributed by atoms with van der Waals surface area (Å²) in [5, 5.41) is 12.7. The van der Waals surface area contributed by atoms with Gasteiger partial charge in [-0.3, -0.25) is 0 Å². The van der Waals surface area contributed by atoms with Gasteiger partial charge in [0.15, 0.2) is 11.5 Å². The Hall–Kier alpha value is -3.30. The second-order valence-corrected chi connectivity index (χ2v) is 8.58. The largest absolute Gasteiger partial charge is 0.475 e. The lowest BCUT2D eigenvalue weighted by atomic mass is 10.2. The van der Waals surface area contributed by atoms with Gasteiger partial charge in [-0.15, -0.1) is 15.3 Å². The minimum Gasteiger partial charge on any atom is -0.475 e. The molecule has 154 valence electrons. The maximum Gasteiger partial charge on any atom is 0.240 e. The molecule has 0 fully saturated rings. The zero-order chi connectivity index (χ0) is 21.1. The minimum absolute atomic E-state index is 0.114. The van der Waals surface area contributed by atoms with E-state index in [1.54, 1.807) is 35.7 Å². The smallest absolute Gasteiger partial charge is 0.240 e. The minimum atomic E-state index is -3.61. The van der Waals surface area contributed by atoms with Crippen LogP contribution in [0.2, 0.25) is 0 Å². The van der Waals surface area contributed by atoms with Crippen molar-refractivity contribution in [1.29, 1.82) is 0 Å². The summed E-state index contributed by atoms with van der Waals surface area (Å²) in [5.41, 5.74) is 3.20. The average Bonchev–Trinajstić information content (AvgIpc) is 3.15. The van der Waals surface area contributed by atoms with E-state index >= 15 is 0 Å². The van der Waals surface area contributed by atoms with Crippen molar-refractivity contribution in [3.8, 4) is 17.3 Å². The van der Waals surface area contributed by atoms with Crippen LogP contribution >= 0.6 is 0 Å². The van der Waals surface area contributed by atoms with Crippen LogP contribution < -0.4 is 9.46 Å². The van der Waals surface area contributed by atoms with Gasteiger partial charge in [0.05, 0.1) is 4.90 Å². The van der Waals surface area contributed by atoms with Crippen LogP contribution in [0.1, 0.15) is 11.1 Å². The van der Waals surface area contributed by atoms with E-state index < -0.39 is 10.0 Å². The van der Waals surface area contributed by atoms with E-state index in [2.05, 4.69) is 20.0 Å². The fourth-order valence-corrected chi connectivity index (χ4v) is 4.36. The molecule has 0 atom stereocenters. The predicted octanol–water partition coefficient (Wildman–Crippen LogP) is 2.77. The molecule has 0 saturated heterocycles. The molecule has 0 aliphatic carbocycles. The molecule has 0 unspecified atom stereocenters. The van der Waals surface area contributed by atoms with Gasteiger partial charge in [0.1, 0.15) is 6.61 Å². The molecule has 4 rings (SSSR count). The standard InChI is InChI=1S/C21H21N5O3S/c1-15-8-9-18(16(2)14-15)30(27,28)22-12-13-29-20-11-10-19-23-24-21(26(19)25-20)17-6-4-3-5-7-17/h3-11,14,22H,12-13H2,1-2H3. The summed E-state index contributed by atoms with van der Waals surface area (Å²) in [4.78, 5) is 0.268. The molecular weight excluding hydrogens is 402 g/mol. The van der Waals surface area contributed by atoms with Crippen LogP contribution in [0.3, 0.4) is 0 Å². The highest BCUT2D eigenvalue weighted by Crippen LogP contribution is 2.19. The van der Waals surface area contributed by atoms with E-state index in [1.807, 2.05) is 43.3 Å². The summed E-state index contributed by atoms with van der Waals surface area (Å²) in [6.45, 7) is 3.95. The lowest BCUT2D eigenvalue weighted by molar-refractivity contribution is 0.306. The highest BCUT2D eigenvalue weighted by atomic mass is 32.2. The fourth-order valence-electron chi connectivity index (χ4n) is 3.13. The molecule has 0 amide bonds. The molecule has 0 bridgehead atoms. The lowest BCUT2D eigenvalue weighted by Crippen LogP contribution is -2.29. The number of benzene rings is 2. The Balaban J connectivity index is 1.43. The van der Waals surface area contributed by atoms with Crippen molar-refractivity contribution in [3.63, 3.8) is 0 Å². The molecule has 0 aliphatic heterocycles. The van der Waals surface area contributed by atoms with Gasteiger partial charge in [-0.1, -0.05) is 48.0 Å². The monoisotopic (exact) mass is 423 g/mol. The van der Waals surface area contributed by atoms with Crippen LogP contribution in [0.4, 0.5) is 0 Å². The molecule has 0 saturated carbocycles. The number of nitrogens with zero attached hydrogens (tertiary/aromatic N) is 4. The number of aryl methyl sites for hydroxylation is 2. The van der Waals surface area contributed by atoms with E-state index in [9.17, 15) is 8.42 Å². The number of hydrogen-bond acceptors (Lipinski definition) is 6. The third kappa shape index (κ3) is 4.17. The molecule has 0 aliphatic rings. The first-order valence-electron chi connectivity index (χ1n) is 9.42. The molecule has 2 aromatic heterocycles. The van der Waals surface area contributed by atoms with Crippen molar-refractivity contribution < 1.29 is 13.2 Å². The van der Waals surface area contributed by atoms with Crippen LogP contribution in [0.5, 0.6) is 5.88 Å². The van der Waals surface area contributed by atoms with E-state index in [1.165, 1.54) is 0 Å². The molecule has 9 heteroatoms. The summed E-state index contributed by atoms with van der Waals surface area (Å²) in [6.07, 6.45) is 0. The van der Waals surface area contributed by atoms with Crippen LogP contribution in [0.25, 0.3) is 17.0 Å². The summed E-state index contributed by atoms with van der Waals surface area (Å²) < 4.78 is 34.8. The number of nitrogens with one attached hydrogen (secondary N) is 1. The Morgan fingerprint density at radius 1 is 1.00 bits per heavy atom. The Bertz CT molecular complexity index is 1290. The van der Waals surface area contributed by atoms with Crippen molar-refractivity contribution in [2.75, 3.05) is 13.2 Å². The van der Waals surface area contributed by atoms with Gasteiger partial charge in [0, 0.05) is 18.2 Å². The SMILES string of the molecule is Cc1ccc(S(=O)(=O)NCCOc2ccc3nnc(-c4ccccc4)n3n2)c(C)c1. The molecule has 0 radical (unpaired) electrons. The van der Waals surface area contributed by atoms with Gasteiger partial charge in [-0.2, -0.15) is 4.52 Å². The highest BCUT2D eigenvalue weighted by Gasteiger charge is 2.16. The Kier molecular flexibility index (Phi) is 5.47. The molecule has 2 aromatic carbocycles. The molecule has 4 aromatic rings. The third-order valence-electron chi connectivity index (χ3n) is 4.53. The van der Waals surface area contributed by atoms with Gasteiger partial charge < -0.3 is 4.74 Å². The molecule has 0 spiro atoms. The molecular formula is C21H21N5O3S. The van der Waals surface area contributed by atoms with Gasteiger partial charge in [-0.25, -0.2) is 13.1 Å². The Morgan fingerprint density at radius 3 is 2.57 bits per heavy atom. The van der Waals surface area contributed by atoms with E-state index in [-0.39, 0.29) is 18.0 Å². The second kappa shape index (κ2) is 8.21. The Labute approximate surface area is 174 Å². The number of fused-ring (bicyclic) bond motifs is 1. The first kappa shape index (κ1) is 20.0. The predicted molar refractivity (Wildman–Crippen MR) is 113 cm³/mol. The van der Waals surface area contributed by atoms with Crippen LogP contribution in [-0.4, -0.2) is 41.4 Å². The number of hydrogen-bond donors (Lipinski definition) is 1. The molecule has 2 heterocycles. The summed E-state index contributed by atoms with van der Waals surface area (Å²) in [6, 6.07) is 18.3. The van der Waals surface area contributed by atoms with Crippen LogP contribution in [0, 0.1) is 13.8 Å². The molecule has 8 nitrogen and oxygen atoms in total. The average molecular weight is 423 g/mol. The second-order valence-electron chi connectivity index (χ2n) is 6.85. The van der Waals surface area contributed by atoms with E-state index in [0.717, 1.165) is 11.1 Å². The topological polar surface area (TPSA) is 98.5 Å². The fraction of sp³-hybridized carbons (Fsp3) is 0.190. The van der Waals surface area contributed by atoms with Crippen molar-refractivity contribution in [3.05, 3.63) is 71.8 Å². The normalized spacial score (nSPS) is 11.7. The first-order chi connectivity index (χ1) is 14.4. The summed E-state index contributed by atoms with van der Waals surface area (Å²) in [5.74, 6) is 0.955. The number of ether oxygens (including phenoxy) is 1.